The fraction of sp³-hybridized carbons (Fsp3) is 0.105. The van der Waals surface area contributed by atoms with Gasteiger partial charge < -0.3 is 15.2 Å². The highest BCUT2D eigenvalue weighted by molar-refractivity contribution is 6.06. The van der Waals surface area contributed by atoms with Crippen molar-refractivity contribution in [1.29, 1.82) is 0 Å². The highest BCUT2D eigenvalue weighted by atomic mass is 19.1. The van der Waals surface area contributed by atoms with Gasteiger partial charge in [0.1, 0.15) is 5.82 Å². The molecule has 0 aliphatic rings. The molecule has 0 atom stereocenters. The van der Waals surface area contributed by atoms with E-state index in [0.717, 1.165) is 0 Å². The second-order valence-corrected chi connectivity index (χ2v) is 5.44. The van der Waals surface area contributed by atoms with Crippen LogP contribution < -0.4 is 5.32 Å². The number of nitrogens with one attached hydrogen (secondary N) is 1. The van der Waals surface area contributed by atoms with Gasteiger partial charge in [-0.25, -0.2) is 14.2 Å². The van der Waals surface area contributed by atoms with E-state index in [-0.39, 0.29) is 18.1 Å². The summed E-state index contributed by atoms with van der Waals surface area (Å²) in [5.74, 6) is -1.81. The van der Waals surface area contributed by atoms with Crippen molar-refractivity contribution in [2.45, 2.75) is 6.92 Å². The fourth-order valence-corrected chi connectivity index (χ4v) is 2.44. The number of halogens is 1. The van der Waals surface area contributed by atoms with E-state index in [1.54, 1.807) is 25.1 Å². The number of benzene rings is 2. The van der Waals surface area contributed by atoms with Crippen LogP contribution in [0.3, 0.4) is 0 Å². The third-order valence-corrected chi connectivity index (χ3v) is 3.70. The molecule has 1 aromatic heterocycles. The van der Waals surface area contributed by atoms with Crippen LogP contribution in [0.25, 0.3) is 10.8 Å². The average Bonchev–Trinajstić information content (AvgIpc) is 2.62. The minimum Gasteiger partial charge on any atom is -0.505 e. The molecule has 0 aliphatic carbocycles. The van der Waals surface area contributed by atoms with E-state index in [4.69, 9.17) is 4.74 Å². The summed E-state index contributed by atoms with van der Waals surface area (Å²) >= 11 is 0. The minimum absolute atomic E-state index is 0.164. The summed E-state index contributed by atoms with van der Waals surface area (Å²) in [5.41, 5.74) is 0.615. The molecule has 2 aromatic carbocycles. The molecular formula is C19H15FN2O4. The molecule has 3 aromatic rings. The summed E-state index contributed by atoms with van der Waals surface area (Å²) in [6, 6.07) is 9.92. The summed E-state index contributed by atoms with van der Waals surface area (Å²) in [6.07, 6.45) is 1.41. The average molecular weight is 354 g/mol. The van der Waals surface area contributed by atoms with Crippen LogP contribution in [0.1, 0.15) is 27.8 Å². The van der Waals surface area contributed by atoms with Gasteiger partial charge in [0.05, 0.1) is 6.61 Å². The number of nitrogens with zero attached hydrogens (tertiary/aromatic N) is 1. The lowest BCUT2D eigenvalue weighted by Gasteiger charge is -2.09. The van der Waals surface area contributed by atoms with E-state index in [1.165, 1.54) is 30.5 Å². The van der Waals surface area contributed by atoms with Gasteiger partial charge in [0, 0.05) is 28.2 Å². The predicted molar refractivity (Wildman–Crippen MR) is 93.7 cm³/mol. The van der Waals surface area contributed by atoms with Crippen LogP contribution in [-0.2, 0) is 4.74 Å². The molecule has 1 amide bonds. The maximum Gasteiger partial charge on any atom is 0.360 e. The van der Waals surface area contributed by atoms with Gasteiger partial charge in [-0.2, -0.15) is 0 Å². The number of hydrogen-bond acceptors (Lipinski definition) is 5. The largest absolute Gasteiger partial charge is 0.505 e. The molecule has 1 heterocycles. The Balaban J connectivity index is 1.87. The zero-order chi connectivity index (χ0) is 18.7. The number of anilines is 1. The van der Waals surface area contributed by atoms with Crippen LogP contribution in [0.5, 0.6) is 5.75 Å². The van der Waals surface area contributed by atoms with Gasteiger partial charge in [-0.3, -0.25) is 4.79 Å². The van der Waals surface area contributed by atoms with Crippen molar-refractivity contribution in [3.63, 3.8) is 0 Å². The summed E-state index contributed by atoms with van der Waals surface area (Å²) in [6.45, 7) is 1.83. The number of ether oxygens (including phenoxy) is 1. The Hall–Kier alpha value is -3.48. The Kier molecular flexibility index (Phi) is 4.79. The molecule has 0 bridgehead atoms. The molecule has 6 nitrogen and oxygen atoms in total. The number of aromatic nitrogens is 1. The van der Waals surface area contributed by atoms with Crippen molar-refractivity contribution < 1.29 is 23.8 Å². The number of pyridine rings is 1. The summed E-state index contributed by atoms with van der Waals surface area (Å²) in [7, 11) is 0. The first-order valence-electron chi connectivity index (χ1n) is 7.85. The van der Waals surface area contributed by atoms with Crippen LogP contribution in [0.2, 0.25) is 0 Å². The van der Waals surface area contributed by atoms with E-state index in [9.17, 15) is 19.1 Å². The number of hydrogen-bond donors (Lipinski definition) is 2. The predicted octanol–water partition coefficient (Wildman–Crippen LogP) is 3.51. The minimum atomic E-state index is -0.708. The quantitative estimate of drug-likeness (QED) is 0.700. The van der Waals surface area contributed by atoms with E-state index in [0.29, 0.717) is 22.0 Å². The standard InChI is InChI=1S/C19H15FN2O4/c1-2-26-19(25)16-17(23)15-8-7-14(9-12(15)10-21-16)22-18(24)11-3-5-13(20)6-4-11/h3-10,23H,2H2,1H3,(H,22,24). The van der Waals surface area contributed by atoms with Gasteiger partial charge in [0.15, 0.2) is 11.4 Å². The number of esters is 1. The van der Waals surface area contributed by atoms with Crippen LogP contribution in [0.4, 0.5) is 10.1 Å². The molecule has 0 saturated heterocycles. The number of aromatic hydroxyl groups is 1. The van der Waals surface area contributed by atoms with Crippen LogP contribution in [0, 0.1) is 5.82 Å². The van der Waals surface area contributed by atoms with Crippen molar-refractivity contribution in [3.05, 3.63) is 65.7 Å². The highest BCUT2D eigenvalue weighted by Crippen LogP contribution is 2.29. The van der Waals surface area contributed by atoms with E-state index >= 15 is 0 Å². The number of rotatable bonds is 4. The lowest BCUT2D eigenvalue weighted by molar-refractivity contribution is 0.0516. The molecule has 0 fully saturated rings. The van der Waals surface area contributed by atoms with E-state index < -0.39 is 17.7 Å². The van der Waals surface area contributed by atoms with Crippen molar-refractivity contribution >= 4 is 28.3 Å². The Morgan fingerprint density at radius 3 is 2.62 bits per heavy atom. The van der Waals surface area contributed by atoms with Gasteiger partial charge in [-0.05, 0) is 49.4 Å². The maximum atomic E-state index is 12.9. The van der Waals surface area contributed by atoms with Gasteiger partial charge in [0.2, 0.25) is 0 Å². The van der Waals surface area contributed by atoms with Crippen LogP contribution >= 0.6 is 0 Å². The molecule has 0 spiro atoms. The Morgan fingerprint density at radius 2 is 1.92 bits per heavy atom. The highest BCUT2D eigenvalue weighted by Gasteiger charge is 2.17. The molecule has 0 aliphatic heterocycles. The topological polar surface area (TPSA) is 88.5 Å². The molecule has 132 valence electrons. The molecule has 7 heteroatoms. The second kappa shape index (κ2) is 7.18. The zero-order valence-electron chi connectivity index (χ0n) is 13.8. The summed E-state index contributed by atoms with van der Waals surface area (Å²) in [5, 5.41) is 13.9. The van der Waals surface area contributed by atoms with Crippen molar-refractivity contribution in [3.8, 4) is 5.75 Å². The van der Waals surface area contributed by atoms with Gasteiger partial charge >= 0.3 is 5.97 Å². The van der Waals surface area contributed by atoms with Gasteiger partial charge in [-0.15, -0.1) is 0 Å². The van der Waals surface area contributed by atoms with E-state index in [1.807, 2.05) is 0 Å². The Labute approximate surface area is 148 Å². The first-order valence-corrected chi connectivity index (χ1v) is 7.85. The van der Waals surface area contributed by atoms with Gasteiger partial charge in [0.25, 0.3) is 5.91 Å². The Morgan fingerprint density at radius 1 is 1.19 bits per heavy atom. The maximum absolute atomic E-state index is 12.9. The number of amides is 1. The SMILES string of the molecule is CCOC(=O)c1ncc2cc(NC(=O)c3ccc(F)cc3)ccc2c1O. The van der Waals surface area contributed by atoms with Crippen LogP contribution in [-0.4, -0.2) is 28.6 Å². The lowest BCUT2D eigenvalue weighted by atomic mass is 10.1. The fourth-order valence-electron chi connectivity index (χ4n) is 2.44. The van der Waals surface area contributed by atoms with Crippen molar-refractivity contribution in [2.24, 2.45) is 0 Å². The Bertz CT molecular complexity index is 987. The smallest absolute Gasteiger partial charge is 0.360 e. The molecular weight excluding hydrogens is 339 g/mol. The lowest BCUT2D eigenvalue weighted by Crippen LogP contribution is -2.11. The first kappa shape index (κ1) is 17.3. The zero-order valence-corrected chi connectivity index (χ0v) is 13.8. The normalized spacial score (nSPS) is 10.5. The molecule has 26 heavy (non-hydrogen) atoms. The monoisotopic (exact) mass is 354 g/mol. The summed E-state index contributed by atoms with van der Waals surface area (Å²) < 4.78 is 17.8. The summed E-state index contributed by atoms with van der Waals surface area (Å²) in [4.78, 5) is 27.9. The van der Waals surface area contributed by atoms with Crippen molar-refractivity contribution in [1.82, 2.24) is 4.98 Å². The number of fused-ring (bicyclic) bond motifs is 1. The van der Waals surface area contributed by atoms with Crippen molar-refractivity contribution in [2.75, 3.05) is 11.9 Å². The second-order valence-electron chi connectivity index (χ2n) is 5.44. The third kappa shape index (κ3) is 3.46. The third-order valence-electron chi connectivity index (χ3n) is 3.70. The van der Waals surface area contributed by atoms with Gasteiger partial charge in [-0.1, -0.05) is 0 Å². The van der Waals surface area contributed by atoms with Crippen LogP contribution in [0.15, 0.2) is 48.7 Å². The molecule has 0 radical (unpaired) electrons. The van der Waals surface area contributed by atoms with E-state index in [2.05, 4.69) is 10.3 Å². The number of carbonyl (C=O) groups excluding carboxylic acids is 2. The first-order chi connectivity index (χ1) is 12.5. The molecule has 2 N–H and O–H groups in total. The molecule has 0 unspecified atom stereocenters. The molecule has 3 rings (SSSR count). The molecule has 0 saturated carbocycles. The number of carbonyl (C=O) groups is 2.